The van der Waals surface area contributed by atoms with E-state index in [1.807, 2.05) is 18.2 Å². The van der Waals surface area contributed by atoms with Gasteiger partial charge in [0.1, 0.15) is 0 Å². The minimum absolute atomic E-state index is 0.329. The number of methoxy groups -OCH3 is 1. The normalized spacial score (nSPS) is 12.6. The minimum Gasteiger partial charge on any atom is -0.383 e. The van der Waals surface area contributed by atoms with Gasteiger partial charge in [0, 0.05) is 13.5 Å². The smallest absolute Gasteiger partial charge is 0.227 e. The molecule has 5 heteroatoms. The van der Waals surface area contributed by atoms with Gasteiger partial charge in [-0.1, -0.05) is 35.5 Å². The number of ether oxygens (including phenoxy) is 1. The minimum atomic E-state index is -0.329. The van der Waals surface area contributed by atoms with Crippen molar-refractivity contribution in [3.8, 4) is 0 Å². The summed E-state index contributed by atoms with van der Waals surface area (Å²) in [6.07, 6.45) is 1.60. The van der Waals surface area contributed by atoms with Gasteiger partial charge in [-0.05, 0) is 12.0 Å². The van der Waals surface area contributed by atoms with Crippen LogP contribution in [0.1, 0.15) is 23.3 Å². The maximum absolute atomic E-state index is 5.82. The SMILES string of the molecule is COCC(N)c1noc(CCc2ccccc2)n1. The van der Waals surface area contributed by atoms with E-state index < -0.39 is 0 Å². The highest BCUT2D eigenvalue weighted by molar-refractivity contribution is 5.15. The highest BCUT2D eigenvalue weighted by Crippen LogP contribution is 2.09. The molecule has 0 aliphatic carbocycles. The summed E-state index contributed by atoms with van der Waals surface area (Å²) in [4.78, 5) is 4.26. The fourth-order valence-corrected chi connectivity index (χ4v) is 1.67. The van der Waals surface area contributed by atoms with E-state index in [0.29, 0.717) is 18.3 Å². The Morgan fingerprint density at radius 3 is 2.78 bits per heavy atom. The summed E-state index contributed by atoms with van der Waals surface area (Å²) in [7, 11) is 1.59. The molecule has 0 aliphatic heterocycles. The van der Waals surface area contributed by atoms with Crippen LogP contribution in [0.4, 0.5) is 0 Å². The molecule has 0 fully saturated rings. The summed E-state index contributed by atoms with van der Waals surface area (Å²) in [5.41, 5.74) is 7.06. The van der Waals surface area contributed by atoms with Gasteiger partial charge in [0.2, 0.25) is 5.89 Å². The summed E-state index contributed by atoms with van der Waals surface area (Å²) in [5, 5.41) is 3.86. The molecule has 0 amide bonds. The van der Waals surface area contributed by atoms with Crippen LogP contribution in [0.25, 0.3) is 0 Å². The molecule has 2 aromatic rings. The van der Waals surface area contributed by atoms with Crippen molar-refractivity contribution in [1.29, 1.82) is 0 Å². The predicted octanol–water partition coefficient (Wildman–Crippen LogP) is 1.50. The topological polar surface area (TPSA) is 74.2 Å². The Kier molecular flexibility index (Phi) is 4.44. The van der Waals surface area contributed by atoms with E-state index in [-0.39, 0.29) is 6.04 Å². The number of rotatable bonds is 6. The van der Waals surface area contributed by atoms with Crippen LogP contribution in [0.15, 0.2) is 34.9 Å². The summed E-state index contributed by atoms with van der Waals surface area (Å²) in [5.74, 6) is 1.11. The van der Waals surface area contributed by atoms with E-state index in [9.17, 15) is 0 Å². The van der Waals surface area contributed by atoms with Gasteiger partial charge in [-0.15, -0.1) is 0 Å². The predicted molar refractivity (Wildman–Crippen MR) is 67.0 cm³/mol. The third-order valence-electron chi connectivity index (χ3n) is 2.63. The lowest BCUT2D eigenvalue weighted by molar-refractivity contribution is 0.177. The number of hydrogen-bond donors (Lipinski definition) is 1. The molecule has 2 rings (SSSR count). The maximum atomic E-state index is 5.82. The van der Waals surface area contributed by atoms with Crippen LogP contribution in [-0.4, -0.2) is 23.9 Å². The lowest BCUT2D eigenvalue weighted by Gasteiger charge is -2.03. The van der Waals surface area contributed by atoms with Crippen molar-refractivity contribution in [2.45, 2.75) is 18.9 Å². The zero-order chi connectivity index (χ0) is 12.8. The van der Waals surface area contributed by atoms with Gasteiger partial charge in [0.15, 0.2) is 5.82 Å². The zero-order valence-electron chi connectivity index (χ0n) is 10.4. The molecule has 0 saturated carbocycles. The Balaban J connectivity index is 1.91. The first-order valence-electron chi connectivity index (χ1n) is 5.90. The Morgan fingerprint density at radius 1 is 1.28 bits per heavy atom. The molecule has 0 radical (unpaired) electrons. The van der Waals surface area contributed by atoms with Crippen LogP contribution < -0.4 is 5.73 Å². The van der Waals surface area contributed by atoms with Crippen LogP contribution in [-0.2, 0) is 17.6 Å². The van der Waals surface area contributed by atoms with Crippen molar-refractivity contribution >= 4 is 0 Å². The van der Waals surface area contributed by atoms with Gasteiger partial charge < -0.3 is 15.0 Å². The molecule has 1 unspecified atom stereocenters. The summed E-state index contributed by atoms with van der Waals surface area (Å²) < 4.78 is 10.1. The largest absolute Gasteiger partial charge is 0.383 e. The van der Waals surface area contributed by atoms with Gasteiger partial charge in [-0.25, -0.2) is 0 Å². The number of nitrogens with zero attached hydrogens (tertiary/aromatic N) is 2. The molecule has 1 heterocycles. The standard InChI is InChI=1S/C13H17N3O2/c1-17-9-11(14)13-15-12(18-16-13)8-7-10-5-3-2-4-6-10/h2-6,11H,7-9,14H2,1H3. The second-order valence-electron chi connectivity index (χ2n) is 4.09. The van der Waals surface area contributed by atoms with Crippen molar-refractivity contribution in [1.82, 2.24) is 10.1 Å². The number of benzene rings is 1. The average Bonchev–Trinajstić information content (AvgIpc) is 2.87. The Morgan fingerprint density at radius 2 is 2.06 bits per heavy atom. The number of nitrogens with two attached hydrogens (primary N) is 1. The quantitative estimate of drug-likeness (QED) is 0.837. The van der Waals surface area contributed by atoms with Crippen molar-refractivity contribution in [2.75, 3.05) is 13.7 Å². The van der Waals surface area contributed by atoms with Crippen molar-refractivity contribution in [3.63, 3.8) is 0 Å². The van der Waals surface area contributed by atoms with Gasteiger partial charge in [-0.3, -0.25) is 0 Å². The molecular formula is C13H17N3O2. The van der Waals surface area contributed by atoms with E-state index in [1.54, 1.807) is 7.11 Å². The molecule has 5 nitrogen and oxygen atoms in total. The van der Waals surface area contributed by atoms with E-state index in [4.69, 9.17) is 15.0 Å². The van der Waals surface area contributed by atoms with Crippen LogP contribution in [0.2, 0.25) is 0 Å². The van der Waals surface area contributed by atoms with Crippen LogP contribution >= 0.6 is 0 Å². The first-order chi connectivity index (χ1) is 8.79. The Labute approximate surface area is 106 Å². The van der Waals surface area contributed by atoms with Gasteiger partial charge >= 0.3 is 0 Å². The summed E-state index contributed by atoms with van der Waals surface area (Å²) in [6, 6.07) is 9.86. The van der Waals surface area contributed by atoms with Gasteiger partial charge in [0.25, 0.3) is 0 Å². The van der Waals surface area contributed by atoms with Crippen molar-refractivity contribution in [2.24, 2.45) is 5.73 Å². The third-order valence-corrected chi connectivity index (χ3v) is 2.63. The number of hydrogen-bond acceptors (Lipinski definition) is 5. The Bertz CT molecular complexity index is 470. The summed E-state index contributed by atoms with van der Waals surface area (Å²) in [6.45, 7) is 0.387. The third kappa shape index (κ3) is 3.38. The van der Waals surface area contributed by atoms with Gasteiger partial charge in [0.05, 0.1) is 12.6 Å². The zero-order valence-corrected chi connectivity index (χ0v) is 10.4. The maximum Gasteiger partial charge on any atom is 0.227 e. The van der Waals surface area contributed by atoms with E-state index in [0.717, 1.165) is 12.8 Å². The molecule has 0 aliphatic rings. The van der Waals surface area contributed by atoms with Crippen LogP contribution in [0.3, 0.4) is 0 Å². The van der Waals surface area contributed by atoms with Crippen LogP contribution in [0.5, 0.6) is 0 Å². The van der Waals surface area contributed by atoms with E-state index in [1.165, 1.54) is 5.56 Å². The first-order valence-corrected chi connectivity index (χ1v) is 5.90. The first kappa shape index (κ1) is 12.7. The monoisotopic (exact) mass is 247 g/mol. The number of aryl methyl sites for hydroxylation is 2. The molecule has 96 valence electrons. The fourth-order valence-electron chi connectivity index (χ4n) is 1.67. The Hall–Kier alpha value is -1.72. The van der Waals surface area contributed by atoms with Crippen molar-refractivity contribution in [3.05, 3.63) is 47.6 Å². The summed E-state index contributed by atoms with van der Waals surface area (Å²) >= 11 is 0. The molecule has 18 heavy (non-hydrogen) atoms. The highest BCUT2D eigenvalue weighted by Gasteiger charge is 2.13. The van der Waals surface area contributed by atoms with Crippen molar-refractivity contribution < 1.29 is 9.26 Å². The van der Waals surface area contributed by atoms with Crippen LogP contribution in [0, 0.1) is 0 Å². The molecular weight excluding hydrogens is 230 g/mol. The molecule has 2 N–H and O–H groups in total. The molecule has 0 spiro atoms. The molecule has 0 bridgehead atoms. The molecule has 1 atom stereocenters. The number of aromatic nitrogens is 2. The average molecular weight is 247 g/mol. The second kappa shape index (κ2) is 6.28. The van der Waals surface area contributed by atoms with Gasteiger partial charge in [-0.2, -0.15) is 4.98 Å². The molecule has 0 saturated heterocycles. The molecule has 1 aromatic carbocycles. The highest BCUT2D eigenvalue weighted by atomic mass is 16.5. The fraction of sp³-hybridized carbons (Fsp3) is 0.385. The molecule has 1 aromatic heterocycles. The lowest BCUT2D eigenvalue weighted by Crippen LogP contribution is -2.17. The lowest BCUT2D eigenvalue weighted by atomic mass is 10.1. The van der Waals surface area contributed by atoms with E-state index >= 15 is 0 Å². The second-order valence-corrected chi connectivity index (χ2v) is 4.09. The van der Waals surface area contributed by atoms with E-state index in [2.05, 4.69) is 22.3 Å².